The topological polar surface area (TPSA) is 20.3 Å². The zero-order chi connectivity index (χ0) is 12.5. The van der Waals surface area contributed by atoms with E-state index in [2.05, 4.69) is 29.2 Å². The van der Waals surface area contributed by atoms with Crippen LogP contribution in [-0.2, 0) is 10.2 Å². The molecule has 1 aromatic rings. The van der Waals surface area contributed by atoms with E-state index in [1.54, 1.807) is 6.92 Å². The Bertz CT molecular complexity index is 393. The molecule has 0 heterocycles. The Hall–Kier alpha value is -1.15. The van der Waals surface area contributed by atoms with Gasteiger partial charge in [-0.3, -0.25) is 9.69 Å². The number of Topliss-reactive ketones (excluding diaryl/α,β-unsaturated/α-hetero) is 1. The molecule has 1 saturated carbocycles. The maximum absolute atomic E-state index is 12.0. The van der Waals surface area contributed by atoms with Crippen molar-refractivity contribution in [2.75, 3.05) is 14.1 Å². The molecule has 0 N–H and O–H groups in total. The summed E-state index contributed by atoms with van der Waals surface area (Å²) < 4.78 is 0. The third-order valence-corrected chi connectivity index (χ3v) is 4.02. The maximum Gasteiger partial charge on any atom is 0.147 e. The van der Waals surface area contributed by atoms with Gasteiger partial charge in [-0.05, 0) is 39.4 Å². The average molecular weight is 231 g/mol. The molecule has 2 nitrogen and oxygen atoms in total. The van der Waals surface area contributed by atoms with E-state index in [4.69, 9.17) is 0 Å². The second kappa shape index (κ2) is 4.61. The molecule has 2 heteroatoms. The summed E-state index contributed by atoms with van der Waals surface area (Å²) in [5, 5.41) is 0. The minimum atomic E-state index is 0.0126. The van der Waals surface area contributed by atoms with Gasteiger partial charge in [0.15, 0.2) is 0 Å². The van der Waals surface area contributed by atoms with Gasteiger partial charge in [0.2, 0.25) is 0 Å². The fourth-order valence-corrected chi connectivity index (χ4v) is 3.29. The fourth-order valence-electron chi connectivity index (χ4n) is 3.29. The first-order chi connectivity index (χ1) is 8.08. The van der Waals surface area contributed by atoms with Crippen LogP contribution in [0.15, 0.2) is 30.3 Å². The van der Waals surface area contributed by atoms with Gasteiger partial charge in [-0.25, -0.2) is 0 Å². The van der Waals surface area contributed by atoms with Crippen molar-refractivity contribution in [2.24, 2.45) is 0 Å². The molecular formula is C15H21NO. The molecular weight excluding hydrogens is 210 g/mol. The molecule has 1 fully saturated rings. The van der Waals surface area contributed by atoms with Gasteiger partial charge in [-0.2, -0.15) is 0 Å². The SMILES string of the molecule is CC(=O)C(N(C)C)C1(c2ccccc2)CCC1. The van der Waals surface area contributed by atoms with Crippen molar-refractivity contribution in [3.05, 3.63) is 35.9 Å². The largest absolute Gasteiger partial charge is 0.299 e. The second-order valence-electron chi connectivity index (χ2n) is 5.35. The highest BCUT2D eigenvalue weighted by Gasteiger charge is 2.48. The van der Waals surface area contributed by atoms with Crippen molar-refractivity contribution in [1.29, 1.82) is 0 Å². The minimum absolute atomic E-state index is 0.0126. The van der Waals surface area contributed by atoms with E-state index in [0.717, 1.165) is 12.8 Å². The minimum Gasteiger partial charge on any atom is -0.299 e. The molecule has 1 aromatic carbocycles. The van der Waals surface area contributed by atoms with E-state index in [-0.39, 0.29) is 17.2 Å². The standard InChI is InChI=1S/C15H21NO/c1-12(17)14(16(2)3)15(10-7-11-15)13-8-5-4-6-9-13/h4-6,8-9,14H,7,10-11H2,1-3H3. The predicted octanol–water partition coefficient (Wildman–Crippen LogP) is 2.63. The van der Waals surface area contributed by atoms with Gasteiger partial charge in [-0.1, -0.05) is 36.8 Å². The molecule has 0 amide bonds. The van der Waals surface area contributed by atoms with Crippen LogP contribution >= 0.6 is 0 Å². The third-order valence-electron chi connectivity index (χ3n) is 4.02. The van der Waals surface area contributed by atoms with Crippen LogP contribution in [0.2, 0.25) is 0 Å². The Labute approximate surface area is 104 Å². The lowest BCUT2D eigenvalue weighted by molar-refractivity contribution is -0.125. The van der Waals surface area contributed by atoms with Crippen molar-refractivity contribution in [2.45, 2.75) is 37.6 Å². The summed E-state index contributed by atoms with van der Waals surface area (Å²) in [6, 6.07) is 10.5. The maximum atomic E-state index is 12.0. The molecule has 1 aliphatic carbocycles. The smallest absolute Gasteiger partial charge is 0.147 e. The molecule has 2 rings (SSSR count). The van der Waals surface area contributed by atoms with Crippen molar-refractivity contribution < 1.29 is 4.79 Å². The first-order valence-corrected chi connectivity index (χ1v) is 6.30. The van der Waals surface area contributed by atoms with Crippen LogP contribution in [0.1, 0.15) is 31.7 Å². The third kappa shape index (κ3) is 2.02. The molecule has 17 heavy (non-hydrogen) atoms. The molecule has 0 saturated heterocycles. The molecule has 1 atom stereocenters. The summed E-state index contributed by atoms with van der Waals surface area (Å²) in [6.45, 7) is 1.72. The highest BCUT2D eigenvalue weighted by Crippen LogP contribution is 2.47. The Morgan fingerprint density at radius 2 is 1.82 bits per heavy atom. The Morgan fingerprint density at radius 3 is 2.18 bits per heavy atom. The number of carbonyl (C=O) groups is 1. The quantitative estimate of drug-likeness (QED) is 0.794. The fraction of sp³-hybridized carbons (Fsp3) is 0.533. The number of hydrogen-bond acceptors (Lipinski definition) is 2. The number of carbonyl (C=O) groups excluding carboxylic acids is 1. The lowest BCUT2D eigenvalue weighted by Gasteiger charge is -2.49. The van der Waals surface area contributed by atoms with Gasteiger partial charge < -0.3 is 0 Å². The average Bonchev–Trinajstić information content (AvgIpc) is 2.23. The van der Waals surface area contributed by atoms with Crippen molar-refractivity contribution in [3.8, 4) is 0 Å². The van der Waals surface area contributed by atoms with E-state index in [1.807, 2.05) is 20.2 Å². The van der Waals surface area contributed by atoms with Gasteiger partial charge in [0.05, 0.1) is 6.04 Å². The van der Waals surface area contributed by atoms with Crippen LogP contribution in [0.4, 0.5) is 0 Å². The first kappa shape index (κ1) is 12.3. The van der Waals surface area contributed by atoms with Crippen LogP contribution in [0, 0.1) is 0 Å². The lowest BCUT2D eigenvalue weighted by Crippen LogP contribution is -2.55. The normalized spacial score (nSPS) is 19.8. The first-order valence-electron chi connectivity index (χ1n) is 6.30. The Kier molecular flexibility index (Phi) is 3.34. The second-order valence-corrected chi connectivity index (χ2v) is 5.35. The van der Waals surface area contributed by atoms with Gasteiger partial charge in [0.25, 0.3) is 0 Å². The van der Waals surface area contributed by atoms with Crippen LogP contribution in [0.5, 0.6) is 0 Å². The van der Waals surface area contributed by atoms with Gasteiger partial charge in [0, 0.05) is 5.41 Å². The van der Waals surface area contributed by atoms with E-state index in [1.165, 1.54) is 12.0 Å². The Morgan fingerprint density at radius 1 is 1.24 bits per heavy atom. The number of ketones is 1. The van der Waals surface area contributed by atoms with E-state index >= 15 is 0 Å². The number of nitrogens with zero attached hydrogens (tertiary/aromatic N) is 1. The number of benzene rings is 1. The summed E-state index contributed by atoms with van der Waals surface area (Å²) >= 11 is 0. The van der Waals surface area contributed by atoms with Crippen LogP contribution in [0.25, 0.3) is 0 Å². The highest BCUT2D eigenvalue weighted by atomic mass is 16.1. The summed E-state index contributed by atoms with van der Waals surface area (Å²) in [4.78, 5) is 14.0. The Balaban J connectivity index is 2.40. The summed E-state index contributed by atoms with van der Waals surface area (Å²) in [6.07, 6.45) is 3.48. The van der Waals surface area contributed by atoms with Gasteiger partial charge >= 0.3 is 0 Å². The van der Waals surface area contributed by atoms with Gasteiger partial charge in [-0.15, -0.1) is 0 Å². The van der Waals surface area contributed by atoms with Crippen molar-refractivity contribution in [1.82, 2.24) is 4.90 Å². The highest BCUT2D eigenvalue weighted by molar-refractivity contribution is 5.83. The molecule has 0 radical (unpaired) electrons. The summed E-state index contributed by atoms with van der Waals surface area (Å²) in [5.41, 5.74) is 1.37. The molecule has 0 aliphatic heterocycles. The monoisotopic (exact) mass is 231 g/mol. The molecule has 1 unspecified atom stereocenters. The lowest BCUT2D eigenvalue weighted by atomic mass is 9.59. The number of rotatable bonds is 4. The van der Waals surface area contributed by atoms with Crippen LogP contribution in [0.3, 0.4) is 0 Å². The zero-order valence-electron chi connectivity index (χ0n) is 10.9. The zero-order valence-corrected chi connectivity index (χ0v) is 10.9. The summed E-state index contributed by atoms with van der Waals surface area (Å²) in [7, 11) is 4.02. The van der Waals surface area contributed by atoms with Crippen molar-refractivity contribution >= 4 is 5.78 Å². The van der Waals surface area contributed by atoms with Crippen LogP contribution < -0.4 is 0 Å². The van der Waals surface area contributed by atoms with Crippen LogP contribution in [-0.4, -0.2) is 30.8 Å². The molecule has 0 bridgehead atoms. The molecule has 1 aliphatic rings. The van der Waals surface area contributed by atoms with Crippen molar-refractivity contribution in [3.63, 3.8) is 0 Å². The molecule has 0 aromatic heterocycles. The molecule has 0 spiro atoms. The van der Waals surface area contributed by atoms with E-state index in [0.29, 0.717) is 0 Å². The molecule has 92 valence electrons. The van der Waals surface area contributed by atoms with E-state index in [9.17, 15) is 4.79 Å². The number of hydrogen-bond donors (Lipinski definition) is 0. The predicted molar refractivity (Wildman–Crippen MR) is 70.1 cm³/mol. The van der Waals surface area contributed by atoms with E-state index < -0.39 is 0 Å². The number of likely N-dealkylation sites (N-methyl/N-ethyl adjacent to an activating group) is 1. The van der Waals surface area contributed by atoms with Gasteiger partial charge in [0.1, 0.15) is 5.78 Å². The summed E-state index contributed by atoms with van der Waals surface area (Å²) in [5.74, 6) is 0.276.